The molecule has 0 saturated carbocycles. The van der Waals surface area contributed by atoms with E-state index in [1.54, 1.807) is 19.1 Å². The summed E-state index contributed by atoms with van der Waals surface area (Å²) >= 11 is 0. The van der Waals surface area contributed by atoms with Crippen molar-refractivity contribution in [2.24, 2.45) is 0 Å². The van der Waals surface area contributed by atoms with Gasteiger partial charge in [0.15, 0.2) is 11.5 Å². The number of anilines is 1. The van der Waals surface area contributed by atoms with Crippen LogP contribution in [0.5, 0.6) is 11.5 Å². The lowest BCUT2D eigenvalue weighted by Crippen LogP contribution is -2.51. The smallest absolute Gasteiger partial charge is 0.264 e. The largest absolute Gasteiger partial charge is 0.493 e. The molecule has 2 amide bonds. The molecule has 3 aromatic rings. The average molecular weight is 596 g/mol. The molecule has 0 fully saturated rings. The molecule has 0 aromatic heterocycles. The Morgan fingerprint density at radius 2 is 1.55 bits per heavy atom. The summed E-state index contributed by atoms with van der Waals surface area (Å²) in [6, 6.07) is 16.4. The monoisotopic (exact) mass is 595 g/mol. The van der Waals surface area contributed by atoms with Crippen molar-refractivity contribution in [1.29, 1.82) is 0 Å². The lowest BCUT2D eigenvalue weighted by molar-refractivity contribution is -0.139. The number of carbonyl (C=O) groups excluding carboxylic acids is 2. The summed E-state index contributed by atoms with van der Waals surface area (Å²) in [5.41, 5.74) is 3.85. The number of sulfonamides is 1. The quantitative estimate of drug-likeness (QED) is 0.305. The molecule has 0 bridgehead atoms. The topological polar surface area (TPSA) is 105 Å². The summed E-state index contributed by atoms with van der Waals surface area (Å²) in [5, 5.41) is 2.86. The number of hydrogen-bond donors (Lipinski definition) is 1. The number of aryl methyl sites for hydroxylation is 3. The predicted octanol–water partition coefficient (Wildman–Crippen LogP) is 4.77. The Hall–Kier alpha value is -4.05. The fourth-order valence-electron chi connectivity index (χ4n) is 4.68. The Bertz CT molecular complexity index is 1500. The van der Waals surface area contributed by atoms with Crippen molar-refractivity contribution in [3.63, 3.8) is 0 Å². The van der Waals surface area contributed by atoms with E-state index in [4.69, 9.17) is 9.47 Å². The Balaban J connectivity index is 2.11. The molecule has 9 nitrogen and oxygen atoms in total. The second-order valence-corrected chi connectivity index (χ2v) is 12.2. The van der Waals surface area contributed by atoms with Crippen molar-refractivity contribution < 1.29 is 27.5 Å². The molecule has 1 N–H and O–H groups in total. The number of nitrogens with zero attached hydrogens (tertiary/aromatic N) is 2. The average Bonchev–Trinajstić information content (AvgIpc) is 2.96. The number of hydrogen-bond acceptors (Lipinski definition) is 6. The van der Waals surface area contributed by atoms with Gasteiger partial charge in [0.1, 0.15) is 12.6 Å². The zero-order valence-corrected chi connectivity index (χ0v) is 26.2. The molecule has 0 saturated heterocycles. The second kappa shape index (κ2) is 14.2. The SMILES string of the molecule is CCCNC(=O)C(C)N(Cc1ccccc1C)C(=O)CN(c1cc(C)cc(C)c1)S(=O)(=O)c1ccc(OC)c(OC)c1. The number of ether oxygens (including phenoxy) is 2. The Labute approximate surface area is 249 Å². The van der Waals surface area contributed by atoms with E-state index in [-0.39, 0.29) is 23.1 Å². The van der Waals surface area contributed by atoms with E-state index in [9.17, 15) is 18.0 Å². The van der Waals surface area contributed by atoms with Crippen LogP contribution in [0.3, 0.4) is 0 Å². The van der Waals surface area contributed by atoms with Crippen LogP contribution in [0.2, 0.25) is 0 Å². The summed E-state index contributed by atoms with van der Waals surface area (Å²) in [6.07, 6.45) is 0.744. The molecule has 0 aliphatic rings. The van der Waals surface area contributed by atoms with Gasteiger partial charge < -0.3 is 19.7 Å². The maximum Gasteiger partial charge on any atom is 0.264 e. The van der Waals surface area contributed by atoms with Crippen LogP contribution in [-0.4, -0.2) is 58.5 Å². The number of amides is 2. The lowest BCUT2D eigenvalue weighted by Gasteiger charge is -2.32. The minimum atomic E-state index is -4.27. The van der Waals surface area contributed by atoms with Crippen LogP contribution in [0.15, 0.2) is 65.6 Å². The summed E-state index contributed by atoms with van der Waals surface area (Å²) in [4.78, 5) is 28.6. The molecule has 226 valence electrons. The fraction of sp³-hybridized carbons (Fsp3) is 0.375. The summed E-state index contributed by atoms with van der Waals surface area (Å²) in [7, 11) is -1.38. The Morgan fingerprint density at radius 3 is 2.14 bits per heavy atom. The standard InChI is InChI=1S/C32H41N3O6S/c1-8-15-33-32(37)25(5)34(20-26-12-10-9-11-24(26)4)31(36)21-35(27-17-22(2)16-23(3)18-27)42(38,39)28-13-14-29(40-6)30(19-28)41-7/h9-14,16-19,25H,8,15,20-21H2,1-7H3,(H,33,37). The molecule has 1 unspecified atom stereocenters. The summed E-state index contributed by atoms with van der Waals surface area (Å²) < 4.78 is 40.2. The summed E-state index contributed by atoms with van der Waals surface area (Å²) in [6.45, 7) is 9.36. The van der Waals surface area contributed by atoms with Gasteiger partial charge in [-0.25, -0.2) is 8.42 Å². The van der Waals surface area contributed by atoms with Gasteiger partial charge in [0, 0.05) is 19.2 Å². The van der Waals surface area contributed by atoms with Crippen LogP contribution in [0, 0.1) is 20.8 Å². The number of benzene rings is 3. The van der Waals surface area contributed by atoms with Gasteiger partial charge in [-0.2, -0.15) is 0 Å². The molecule has 10 heteroatoms. The highest BCUT2D eigenvalue weighted by atomic mass is 32.2. The normalized spacial score (nSPS) is 11.9. The first-order valence-electron chi connectivity index (χ1n) is 13.9. The van der Waals surface area contributed by atoms with Crippen LogP contribution < -0.4 is 19.1 Å². The lowest BCUT2D eigenvalue weighted by atomic mass is 10.1. The van der Waals surface area contributed by atoms with E-state index in [0.717, 1.165) is 33.0 Å². The van der Waals surface area contributed by atoms with Crippen LogP contribution in [-0.2, 0) is 26.2 Å². The van der Waals surface area contributed by atoms with E-state index >= 15 is 0 Å². The van der Waals surface area contributed by atoms with E-state index in [2.05, 4.69) is 5.32 Å². The molecule has 0 heterocycles. The van der Waals surface area contributed by atoms with Crippen LogP contribution in [0.1, 0.15) is 42.5 Å². The second-order valence-electron chi connectivity index (χ2n) is 10.3. The van der Waals surface area contributed by atoms with E-state index in [1.807, 2.05) is 58.0 Å². The van der Waals surface area contributed by atoms with Crippen molar-refractivity contribution in [1.82, 2.24) is 10.2 Å². The van der Waals surface area contributed by atoms with Crippen molar-refractivity contribution in [2.45, 2.75) is 58.5 Å². The first-order chi connectivity index (χ1) is 19.9. The predicted molar refractivity (Wildman–Crippen MR) is 164 cm³/mol. The van der Waals surface area contributed by atoms with Gasteiger partial charge in [-0.05, 0) is 80.6 Å². The third kappa shape index (κ3) is 7.61. The number of carbonyl (C=O) groups is 2. The van der Waals surface area contributed by atoms with E-state index < -0.39 is 28.5 Å². The molecule has 42 heavy (non-hydrogen) atoms. The zero-order chi connectivity index (χ0) is 31.0. The highest BCUT2D eigenvalue weighted by Gasteiger charge is 2.33. The third-order valence-electron chi connectivity index (χ3n) is 7.03. The van der Waals surface area contributed by atoms with Crippen molar-refractivity contribution in [3.8, 4) is 11.5 Å². The number of nitrogens with one attached hydrogen (secondary N) is 1. The molecule has 0 spiro atoms. The first-order valence-corrected chi connectivity index (χ1v) is 15.3. The van der Waals surface area contributed by atoms with Crippen LogP contribution in [0.4, 0.5) is 5.69 Å². The first kappa shape index (κ1) is 32.5. The number of methoxy groups -OCH3 is 2. The van der Waals surface area contributed by atoms with Gasteiger partial charge >= 0.3 is 0 Å². The van der Waals surface area contributed by atoms with Crippen LogP contribution in [0.25, 0.3) is 0 Å². The van der Waals surface area contributed by atoms with Gasteiger partial charge in [-0.1, -0.05) is 37.3 Å². The molecule has 0 aliphatic heterocycles. The number of rotatable bonds is 13. The van der Waals surface area contributed by atoms with Crippen molar-refractivity contribution in [2.75, 3.05) is 31.6 Å². The molecule has 3 rings (SSSR count). The van der Waals surface area contributed by atoms with E-state index in [1.165, 1.54) is 37.3 Å². The Kier molecular flexibility index (Phi) is 11.0. The molecule has 0 aliphatic carbocycles. The van der Waals surface area contributed by atoms with Crippen LogP contribution >= 0.6 is 0 Å². The third-order valence-corrected chi connectivity index (χ3v) is 8.80. The molecular formula is C32H41N3O6S. The zero-order valence-electron chi connectivity index (χ0n) is 25.4. The van der Waals surface area contributed by atoms with Crippen molar-refractivity contribution >= 4 is 27.5 Å². The highest BCUT2D eigenvalue weighted by molar-refractivity contribution is 7.92. The Morgan fingerprint density at radius 1 is 0.905 bits per heavy atom. The molecule has 3 aromatic carbocycles. The van der Waals surface area contributed by atoms with Gasteiger partial charge in [0.25, 0.3) is 10.0 Å². The maximum atomic E-state index is 14.2. The highest BCUT2D eigenvalue weighted by Crippen LogP contribution is 2.33. The maximum absolute atomic E-state index is 14.2. The molecular weight excluding hydrogens is 554 g/mol. The molecule has 0 radical (unpaired) electrons. The van der Waals surface area contributed by atoms with Crippen molar-refractivity contribution in [3.05, 3.63) is 82.9 Å². The fourth-order valence-corrected chi connectivity index (χ4v) is 6.09. The minimum absolute atomic E-state index is 0.0636. The van der Waals surface area contributed by atoms with E-state index in [0.29, 0.717) is 18.0 Å². The van der Waals surface area contributed by atoms with Gasteiger partial charge in [-0.15, -0.1) is 0 Å². The van der Waals surface area contributed by atoms with Gasteiger partial charge in [0.2, 0.25) is 11.8 Å². The summed E-state index contributed by atoms with van der Waals surface area (Å²) in [5.74, 6) is -0.199. The minimum Gasteiger partial charge on any atom is -0.493 e. The van der Waals surface area contributed by atoms with Gasteiger partial charge in [-0.3, -0.25) is 13.9 Å². The molecule has 1 atom stereocenters. The van der Waals surface area contributed by atoms with Gasteiger partial charge in [0.05, 0.1) is 24.8 Å².